The van der Waals surface area contributed by atoms with Crippen molar-refractivity contribution in [2.24, 2.45) is 0 Å². The van der Waals surface area contributed by atoms with E-state index in [2.05, 4.69) is 42.4 Å². The Kier molecular flexibility index (Phi) is 3.57. The summed E-state index contributed by atoms with van der Waals surface area (Å²) in [5.74, 6) is 0.935. The second-order valence-electron chi connectivity index (χ2n) is 5.00. The van der Waals surface area contributed by atoms with Crippen LogP contribution >= 0.6 is 0 Å². The lowest BCUT2D eigenvalue weighted by molar-refractivity contribution is 0.305. The molecule has 1 aromatic rings. The van der Waals surface area contributed by atoms with Gasteiger partial charge < -0.3 is 15.0 Å². The third-order valence-corrected chi connectivity index (χ3v) is 3.89. The number of nitrogens with zero attached hydrogens (tertiary/aromatic N) is 1. The number of rotatable bonds is 3. The van der Waals surface area contributed by atoms with Gasteiger partial charge in [-0.2, -0.15) is 0 Å². The maximum absolute atomic E-state index is 5.27. The summed E-state index contributed by atoms with van der Waals surface area (Å²) in [5, 5.41) is 3.42. The summed E-state index contributed by atoms with van der Waals surface area (Å²) in [7, 11) is 3.77. The highest BCUT2D eigenvalue weighted by Gasteiger charge is 2.28. The molecular formula is C14H22N2O. The van der Waals surface area contributed by atoms with Crippen molar-refractivity contribution in [3.63, 3.8) is 0 Å². The molecule has 0 unspecified atom stereocenters. The van der Waals surface area contributed by atoms with Gasteiger partial charge in [0.25, 0.3) is 0 Å². The van der Waals surface area contributed by atoms with Crippen molar-refractivity contribution in [1.29, 1.82) is 0 Å². The summed E-state index contributed by atoms with van der Waals surface area (Å²) < 4.78 is 5.27. The number of ether oxygens (including phenoxy) is 1. The topological polar surface area (TPSA) is 24.5 Å². The highest BCUT2D eigenvalue weighted by atomic mass is 16.5. The first-order valence-electron chi connectivity index (χ1n) is 6.25. The van der Waals surface area contributed by atoms with E-state index in [1.54, 1.807) is 7.11 Å². The zero-order valence-corrected chi connectivity index (χ0v) is 11.0. The normalized spacial score (nSPS) is 19.1. The first-order valence-corrected chi connectivity index (χ1v) is 6.25. The predicted molar refractivity (Wildman–Crippen MR) is 71.9 cm³/mol. The molecule has 1 aromatic carbocycles. The minimum atomic E-state index is 0.301. The molecule has 0 amide bonds. The van der Waals surface area contributed by atoms with Gasteiger partial charge in [0.15, 0.2) is 0 Å². The summed E-state index contributed by atoms with van der Waals surface area (Å²) in [6.07, 6.45) is 2.36. The monoisotopic (exact) mass is 234 g/mol. The molecule has 0 aliphatic carbocycles. The van der Waals surface area contributed by atoms with Gasteiger partial charge in [-0.05, 0) is 38.9 Å². The van der Waals surface area contributed by atoms with Crippen LogP contribution in [0.1, 0.15) is 19.8 Å². The largest absolute Gasteiger partial charge is 0.497 e. The lowest BCUT2D eigenvalue weighted by atomic mass is 9.89. The second-order valence-corrected chi connectivity index (χ2v) is 5.00. The highest BCUT2D eigenvalue weighted by Crippen LogP contribution is 2.27. The van der Waals surface area contributed by atoms with Crippen LogP contribution in [0, 0.1) is 0 Å². The third kappa shape index (κ3) is 2.72. The van der Waals surface area contributed by atoms with Crippen molar-refractivity contribution in [3.05, 3.63) is 24.3 Å². The molecule has 1 fully saturated rings. The van der Waals surface area contributed by atoms with Crippen molar-refractivity contribution in [2.45, 2.75) is 25.3 Å². The van der Waals surface area contributed by atoms with Crippen LogP contribution in [-0.4, -0.2) is 32.8 Å². The quantitative estimate of drug-likeness (QED) is 0.868. The first-order chi connectivity index (χ1) is 8.17. The number of anilines is 1. The van der Waals surface area contributed by atoms with E-state index < -0.39 is 0 Å². The van der Waals surface area contributed by atoms with Gasteiger partial charge in [-0.3, -0.25) is 0 Å². The van der Waals surface area contributed by atoms with Gasteiger partial charge >= 0.3 is 0 Å². The Hall–Kier alpha value is -1.22. The molecule has 17 heavy (non-hydrogen) atoms. The van der Waals surface area contributed by atoms with E-state index in [1.807, 2.05) is 6.07 Å². The molecule has 3 nitrogen and oxygen atoms in total. The van der Waals surface area contributed by atoms with E-state index in [9.17, 15) is 0 Å². The Morgan fingerprint density at radius 3 is 2.59 bits per heavy atom. The molecule has 0 aromatic heterocycles. The van der Waals surface area contributed by atoms with E-state index in [-0.39, 0.29) is 0 Å². The van der Waals surface area contributed by atoms with Gasteiger partial charge in [0.05, 0.1) is 7.11 Å². The number of methoxy groups -OCH3 is 1. The smallest absolute Gasteiger partial charge is 0.120 e. The van der Waals surface area contributed by atoms with Crippen LogP contribution in [0.15, 0.2) is 24.3 Å². The maximum Gasteiger partial charge on any atom is 0.120 e. The molecule has 1 aliphatic heterocycles. The first kappa shape index (κ1) is 12.2. The van der Waals surface area contributed by atoms with Crippen LogP contribution in [0.25, 0.3) is 0 Å². The van der Waals surface area contributed by atoms with Crippen molar-refractivity contribution < 1.29 is 4.74 Å². The van der Waals surface area contributed by atoms with Crippen LogP contribution < -0.4 is 15.0 Å². The Labute approximate surface area is 104 Å². The van der Waals surface area contributed by atoms with Crippen molar-refractivity contribution in [1.82, 2.24) is 5.32 Å². The molecule has 0 atom stereocenters. The minimum Gasteiger partial charge on any atom is -0.497 e. The molecule has 0 bridgehead atoms. The average Bonchev–Trinajstić information content (AvgIpc) is 2.40. The summed E-state index contributed by atoms with van der Waals surface area (Å²) in [5.41, 5.74) is 1.57. The SMILES string of the molecule is CNC1(C)CCN(c2cccc(OC)c2)CC1. The van der Waals surface area contributed by atoms with Gasteiger partial charge in [-0.1, -0.05) is 6.07 Å². The fourth-order valence-electron chi connectivity index (χ4n) is 2.32. The predicted octanol–water partition coefficient (Wildman–Crippen LogP) is 2.27. The molecule has 0 radical (unpaired) electrons. The second kappa shape index (κ2) is 4.96. The number of hydrogen-bond donors (Lipinski definition) is 1. The minimum absolute atomic E-state index is 0.301. The molecule has 0 spiro atoms. The zero-order valence-electron chi connectivity index (χ0n) is 11.0. The molecule has 3 heteroatoms. The average molecular weight is 234 g/mol. The van der Waals surface area contributed by atoms with E-state index in [4.69, 9.17) is 4.74 Å². The molecule has 0 saturated carbocycles. The maximum atomic E-state index is 5.27. The van der Waals surface area contributed by atoms with E-state index in [1.165, 1.54) is 18.5 Å². The third-order valence-electron chi connectivity index (χ3n) is 3.89. The number of benzene rings is 1. The Morgan fingerprint density at radius 2 is 2.00 bits per heavy atom. The van der Waals surface area contributed by atoms with Crippen LogP contribution in [0.5, 0.6) is 5.75 Å². The van der Waals surface area contributed by atoms with Crippen LogP contribution in [0.4, 0.5) is 5.69 Å². The summed E-state index contributed by atoms with van der Waals surface area (Å²) in [6, 6.07) is 8.32. The van der Waals surface area contributed by atoms with Gasteiger partial charge in [0, 0.05) is 30.4 Å². The van der Waals surface area contributed by atoms with Gasteiger partial charge in [0.1, 0.15) is 5.75 Å². The van der Waals surface area contributed by atoms with Crippen LogP contribution in [0.3, 0.4) is 0 Å². The lowest BCUT2D eigenvalue weighted by Crippen LogP contribution is -2.50. The highest BCUT2D eigenvalue weighted by molar-refractivity contribution is 5.51. The summed E-state index contributed by atoms with van der Waals surface area (Å²) in [4.78, 5) is 2.43. The number of piperidine rings is 1. The van der Waals surface area contributed by atoms with Crippen molar-refractivity contribution in [2.75, 3.05) is 32.1 Å². The van der Waals surface area contributed by atoms with E-state index in [0.717, 1.165) is 18.8 Å². The summed E-state index contributed by atoms with van der Waals surface area (Å²) >= 11 is 0. The van der Waals surface area contributed by atoms with Crippen molar-refractivity contribution in [3.8, 4) is 5.75 Å². The number of hydrogen-bond acceptors (Lipinski definition) is 3. The molecular weight excluding hydrogens is 212 g/mol. The van der Waals surface area contributed by atoms with E-state index >= 15 is 0 Å². The van der Waals surface area contributed by atoms with Gasteiger partial charge in [-0.25, -0.2) is 0 Å². The molecule has 1 N–H and O–H groups in total. The molecule has 1 saturated heterocycles. The van der Waals surface area contributed by atoms with Crippen molar-refractivity contribution >= 4 is 5.69 Å². The van der Waals surface area contributed by atoms with Gasteiger partial charge in [-0.15, -0.1) is 0 Å². The standard InChI is InChI=1S/C14H22N2O/c1-14(15-2)7-9-16(10-8-14)12-5-4-6-13(11-12)17-3/h4-6,11,15H,7-10H2,1-3H3. The molecule has 1 aliphatic rings. The van der Waals surface area contributed by atoms with Crippen LogP contribution in [-0.2, 0) is 0 Å². The molecule has 94 valence electrons. The fraction of sp³-hybridized carbons (Fsp3) is 0.571. The Morgan fingerprint density at radius 1 is 1.29 bits per heavy atom. The Balaban J connectivity index is 2.05. The Bertz CT molecular complexity index is 370. The zero-order chi connectivity index (χ0) is 12.3. The van der Waals surface area contributed by atoms with Crippen LogP contribution in [0.2, 0.25) is 0 Å². The lowest BCUT2D eigenvalue weighted by Gasteiger charge is -2.40. The number of nitrogens with one attached hydrogen (secondary N) is 1. The molecule has 2 rings (SSSR count). The fourth-order valence-corrected chi connectivity index (χ4v) is 2.32. The van der Waals surface area contributed by atoms with E-state index in [0.29, 0.717) is 5.54 Å². The summed E-state index contributed by atoms with van der Waals surface area (Å²) in [6.45, 7) is 4.50. The van der Waals surface area contributed by atoms with Gasteiger partial charge in [0.2, 0.25) is 0 Å². The molecule has 1 heterocycles.